The first-order valence-electron chi connectivity index (χ1n) is 5.23. The van der Waals surface area contributed by atoms with Crippen molar-refractivity contribution in [2.24, 2.45) is 5.92 Å². The van der Waals surface area contributed by atoms with Gasteiger partial charge in [-0.25, -0.2) is 0 Å². The molecule has 0 amide bonds. The molecule has 0 aromatic carbocycles. The van der Waals surface area contributed by atoms with E-state index in [1.165, 1.54) is 32.1 Å². The van der Waals surface area contributed by atoms with E-state index < -0.39 is 0 Å². The molecule has 1 saturated carbocycles. The molecular weight excluding hydrogens is 198 g/mol. The minimum atomic E-state index is -0.0793. The Hall–Kier alpha value is -0.220. The molecule has 0 bridgehead atoms. The zero-order valence-corrected chi connectivity index (χ0v) is 9.31. The highest BCUT2D eigenvalue weighted by Crippen LogP contribution is 2.34. The van der Waals surface area contributed by atoms with Gasteiger partial charge >= 0.3 is 5.97 Å². The number of nitrogens with one attached hydrogen (secondary N) is 1. The third-order valence-electron chi connectivity index (χ3n) is 2.89. The van der Waals surface area contributed by atoms with Crippen molar-refractivity contribution in [2.45, 2.75) is 31.3 Å². The molecule has 3 nitrogen and oxygen atoms in total. The van der Waals surface area contributed by atoms with Crippen LogP contribution in [-0.2, 0) is 9.53 Å². The van der Waals surface area contributed by atoms with E-state index >= 15 is 0 Å². The number of carbonyl (C=O) groups is 1. The van der Waals surface area contributed by atoms with Crippen molar-refractivity contribution in [2.75, 3.05) is 18.6 Å². The molecule has 2 fully saturated rings. The molecule has 0 radical (unpaired) electrons. The molecule has 80 valence electrons. The van der Waals surface area contributed by atoms with Gasteiger partial charge in [-0.1, -0.05) is 0 Å². The summed E-state index contributed by atoms with van der Waals surface area (Å²) in [6, 6.07) is 0.480. The summed E-state index contributed by atoms with van der Waals surface area (Å²) in [7, 11) is 1.47. The standard InChI is InChI=1S/C10H17NO2S/c1-13-10(12)9(7-2-3-7)11-8-4-5-14-6-8/h7-9,11H,2-6H2,1H3. The maximum Gasteiger partial charge on any atom is 0.323 e. The maximum atomic E-state index is 11.5. The van der Waals surface area contributed by atoms with Gasteiger partial charge in [0.05, 0.1) is 7.11 Å². The van der Waals surface area contributed by atoms with Gasteiger partial charge < -0.3 is 10.1 Å². The van der Waals surface area contributed by atoms with Gasteiger partial charge in [0.15, 0.2) is 0 Å². The van der Waals surface area contributed by atoms with Crippen LogP contribution in [0.1, 0.15) is 19.3 Å². The van der Waals surface area contributed by atoms with Crippen LogP contribution in [0.15, 0.2) is 0 Å². The van der Waals surface area contributed by atoms with Crippen molar-refractivity contribution in [1.82, 2.24) is 5.32 Å². The number of methoxy groups -OCH3 is 1. The van der Waals surface area contributed by atoms with Gasteiger partial charge in [0.25, 0.3) is 0 Å². The van der Waals surface area contributed by atoms with Crippen LogP contribution in [0.5, 0.6) is 0 Å². The largest absolute Gasteiger partial charge is 0.468 e. The highest BCUT2D eigenvalue weighted by Gasteiger charge is 2.38. The number of hydrogen-bond acceptors (Lipinski definition) is 4. The summed E-state index contributed by atoms with van der Waals surface area (Å²) in [5.41, 5.74) is 0. The quantitative estimate of drug-likeness (QED) is 0.711. The van der Waals surface area contributed by atoms with Crippen LogP contribution in [0.3, 0.4) is 0 Å². The molecule has 2 atom stereocenters. The summed E-state index contributed by atoms with van der Waals surface area (Å²) < 4.78 is 4.82. The van der Waals surface area contributed by atoms with E-state index in [-0.39, 0.29) is 12.0 Å². The monoisotopic (exact) mass is 215 g/mol. The van der Waals surface area contributed by atoms with Crippen molar-refractivity contribution in [1.29, 1.82) is 0 Å². The fourth-order valence-corrected chi connectivity index (χ4v) is 3.04. The third kappa shape index (κ3) is 2.42. The summed E-state index contributed by atoms with van der Waals surface area (Å²) in [4.78, 5) is 11.5. The number of thioether (sulfide) groups is 1. The van der Waals surface area contributed by atoms with Gasteiger partial charge in [-0.3, -0.25) is 4.79 Å². The fourth-order valence-electron chi connectivity index (χ4n) is 1.87. The molecule has 2 unspecified atom stereocenters. The normalized spacial score (nSPS) is 28.8. The lowest BCUT2D eigenvalue weighted by molar-refractivity contribution is -0.143. The Kier molecular flexibility index (Phi) is 3.34. The molecule has 2 rings (SSSR count). The molecule has 2 aliphatic rings. The van der Waals surface area contributed by atoms with E-state index in [2.05, 4.69) is 5.32 Å². The highest BCUT2D eigenvalue weighted by molar-refractivity contribution is 7.99. The third-order valence-corrected chi connectivity index (χ3v) is 4.06. The average Bonchev–Trinajstić information content (AvgIpc) is 2.92. The lowest BCUT2D eigenvalue weighted by atomic mass is 10.1. The summed E-state index contributed by atoms with van der Waals surface area (Å²) >= 11 is 1.96. The number of hydrogen-bond donors (Lipinski definition) is 1. The second kappa shape index (κ2) is 4.53. The van der Waals surface area contributed by atoms with E-state index in [1.54, 1.807) is 0 Å². The first kappa shape index (κ1) is 10.3. The van der Waals surface area contributed by atoms with E-state index in [4.69, 9.17) is 4.74 Å². The topological polar surface area (TPSA) is 38.3 Å². The van der Waals surface area contributed by atoms with E-state index in [0.717, 1.165) is 5.75 Å². The Morgan fingerprint density at radius 3 is 2.79 bits per heavy atom. The van der Waals surface area contributed by atoms with Crippen molar-refractivity contribution < 1.29 is 9.53 Å². The molecule has 14 heavy (non-hydrogen) atoms. The minimum absolute atomic E-state index is 0.0382. The second-order valence-electron chi connectivity index (χ2n) is 4.07. The number of carbonyl (C=O) groups excluding carboxylic acids is 1. The van der Waals surface area contributed by atoms with Gasteiger partial charge in [0.1, 0.15) is 6.04 Å². The van der Waals surface area contributed by atoms with Crippen LogP contribution in [0, 0.1) is 5.92 Å². The molecule has 0 aromatic heterocycles. The maximum absolute atomic E-state index is 11.5. The Morgan fingerprint density at radius 1 is 1.50 bits per heavy atom. The van der Waals surface area contributed by atoms with Gasteiger partial charge in [0, 0.05) is 11.8 Å². The van der Waals surface area contributed by atoms with Gasteiger partial charge in [-0.05, 0) is 30.9 Å². The summed E-state index contributed by atoms with van der Waals surface area (Å²) in [5, 5.41) is 3.43. The lowest BCUT2D eigenvalue weighted by Gasteiger charge is -2.19. The SMILES string of the molecule is COC(=O)C(NC1CCSC1)C1CC1. The van der Waals surface area contributed by atoms with E-state index in [0.29, 0.717) is 12.0 Å². The first-order valence-corrected chi connectivity index (χ1v) is 6.38. The Morgan fingerprint density at radius 2 is 2.29 bits per heavy atom. The Labute approximate surface area is 89.0 Å². The second-order valence-corrected chi connectivity index (χ2v) is 5.22. The van der Waals surface area contributed by atoms with Crippen LogP contribution in [0.25, 0.3) is 0 Å². The molecule has 1 heterocycles. The van der Waals surface area contributed by atoms with Crippen LogP contribution in [-0.4, -0.2) is 36.7 Å². The van der Waals surface area contributed by atoms with Crippen LogP contribution >= 0.6 is 11.8 Å². The highest BCUT2D eigenvalue weighted by atomic mass is 32.2. The number of rotatable bonds is 4. The van der Waals surface area contributed by atoms with E-state index in [9.17, 15) is 4.79 Å². The van der Waals surface area contributed by atoms with Crippen molar-refractivity contribution >= 4 is 17.7 Å². The minimum Gasteiger partial charge on any atom is -0.468 e. The average molecular weight is 215 g/mol. The van der Waals surface area contributed by atoms with E-state index in [1.807, 2.05) is 11.8 Å². The van der Waals surface area contributed by atoms with Crippen LogP contribution in [0.2, 0.25) is 0 Å². The predicted molar refractivity (Wildman–Crippen MR) is 57.4 cm³/mol. The fraction of sp³-hybridized carbons (Fsp3) is 0.900. The molecule has 4 heteroatoms. The van der Waals surface area contributed by atoms with Crippen molar-refractivity contribution in [3.8, 4) is 0 Å². The van der Waals surface area contributed by atoms with Crippen LogP contribution < -0.4 is 5.32 Å². The van der Waals surface area contributed by atoms with Crippen molar-refractivity contribution in [3.63, 3.8) is 0 Å². The van der Waals surface area contributed by atoms with Crippen LogP contribution in [0.4, 0.5) is 0 Å². The smallest absolute Gasteiger partial charge is 0.323 e. The zero-order chi connectivity index (χ0) is 9.97. The van der Waals surface area contributed by atoms with Gasteiger partial charge in [0.2, 0.25) is 0 Å². The zero-order valence-electron chi connectivity index (χ0n) is 8.49. The lowest BCUT2D eigenvalue weighted by Crippen LogP contribution is -2.45. The molecule has 1 N–H and O–H groups in total. The molecule has 0 aromatic rings. The summed E-state index contributed by atoms with van der Waals surface area (Å²) in [5.74, 6) is 2.81. The molecule has 1 aliphatic carbocycles. The number of esters is 1. The molecule has 0 spiro atoms. The Balaban J connectivity index is 1.86. The summed E-state index contributed by atoms with van der Waals surface area (Å²) in [6.45, 7) is 0. The van der Waals surface area contributed by atoms with Gasteiger partial charge in [-0.15, -0.1) is 0 Å². The first-order chi connectivity index (χ1) is 6.81. The molecule has 1 aliphatic heterocycles. The molecular formula is C10H17NO2S. The predicted octanol–water partition coefficient (Wildman–Crippen LogP) is 1.03. The number of ether oxygens (including phenoxy) is 1. The van der Waals surface area contributed by atoms with Gasteiger partial charge in [-0.2, -0.15) is 11.8 Å². The van der Waals surface area contributed by atoms with Crippen molar-refractivity contribution in [3.05, 3.63) is 0 Å². The summed E-state index contributed by atoms with van der Waals surface area (Å²) in [6.07, 6.45) is 3.53. The molecule has 1 saturated heterocycles. The Bertz CT molecular complexity index is 212.